The van der Waals surface area contributed by atoms with E-state index in [-0.39, 0.29) is 10.6 Å². The average molecular weight is 238 g/mol. The van der Waals surface area contributed by atoms with Gasteiger partial charge in [-0.15, -0.1) is 0 Å². The van der Waals surface area contributed by atoms with E-state index >= 15 is 0 Å². The molecule has 94 valence electrons. The van der Waals surface area contributed by atoms with Crippen molar-refractivity contribution in [2.75, 3.05) is 13.2 Å². The molecule has 0 unspecified atom stereocenters. The summed E-state index contributed by atoms with van der Waals surface area (Å²) < 4.78 is 5.49. The van der Waals surface area contributed by atoms with E-state index in [9.17, 15) is 10.1 Å². The molecule has 0 fully saturated rings. The van der Waals surface area contributed by atoms with Gasteiger partial charge in [0.15, 0.2) is 0 Å². The fourth-order valence-electron chi connectivity index (χ4n) is 1.44. The minimum atomic E-state index is -0.389. The number of nitrogens with zero attached hydrogens (tertiary/aromatic N) is 1. The Morgan fingerprint density at radius 2 is 2.18 bits per heavy atom. The molecule has 0 saturated carbocycles. The molecular formula is C12H18N2O3. The van der Waals surface area contributed by atoms with Gasteiger partial charge in [-0.05, 0) is 19.1 Å². The molecule has 0 aliphatic rings. The summed E-state index contributed by atoms with van der Waals surface area (Å²) in [4.78, 5) is 10.2. The molecule has 0 saturated heterocycles. The Kier molecular flexibility index (Phi) is 4.90. The van der Waals surface area contributed by atoms with Crippen molar-refractivity contribution >= 4 is 5.69 Å². The van der Waals surface area contributed by atoms with Crippen LogP contribution in [0.1, 0.15) is 19.4 Å². The second-order valence-corrected chi connectivity index (χ2v) is 4.16. The fourth-order valence-corrected chi connectivity index (χ4v) is 1.44. The quantitative estimate of drug-likeness (QED) is 0.469. The SMILES string of the molecule is Cc1cc(OCCNC(C)C)ccc1[N+](=O)[O-]. The molecule has 0 spiro atoms. The highest BCUT2D eigenvalue weighted by Crippen LogP contribution is 2.22. The Hall–Kier alpha value is -1.62. The third kappa shape index (κ3) is 4.40. The summed E-state index contributed by atoms with van der Waals surface area (Å²) in [5, 5.41) is 13.8. The van der Waals surface area contributed by atoms with Gasteiger partial charge in [-0.1, -0.05) is 13.8 Å². The molecule has 0 aliphatic carbocycles. The molecule has 5 heteroatoms. The van der Waals surface area contributed by atoms with E-state index in [1.807, 2.05) is 0 Å². The van der Waals surface area contributed by atoms with Crippen LogP contribution >= 0.6 is 0 Å². The third-order valence-corrected chi connectivity index (χ3v) is 2.29. The highest BCUT2D eigenvalue weighted by Gasteiger charge is 2.10. The van der Waals surface area contributed by atoms with E-state index < -0.39 is 0 Å². The molecule has 5 nitrogen and oxygen atoms in total. The molecule has 1 N–H and O–H groups in total. The number of nitro benzene ring substituents is 1. The van der Waals surface area contributed by atoms with Crippen LogP contribution in [0, 0.1) is 17.0 Å². The van der Waals surface area contributed by atoms with Crippen LogP contribution in [0.15, 0.2) is 18.2 Å². The maximum atomic E-state index is 10.6. The van der Waals surface area contributed by atoms with Crippen molar-refractivity contribution in [2.24, 2.45) is 0 Å². The van der Waals surface area contributed by atoms with Crippen molar-refractivity contribution < 1.29 is 9.66 Å². The first-order valence-corrected chi connectivity index (χ1v) is 5.62. The highest BCUT2D eigenvalue weighted by atomic mass is 16.6. The van der Waals surface area contributed by atoms with Crippen LogP contribution in [0.2, 0.25) is 0 Å². The number of hydrogen-bond acceptors (Lipinski definition) is 4. The van der Waals surface area contributed by atoms with E-state index in [1.165, 1.54) is 6.07 Å². The predicted molar refractivity (Wildman–Crippen MR) is 66.5 cm³/mol. The number of ether oxygens (including phenoxy) is 1. The standard InChI is InChI=1S/C12H18N2O3/c1-9(2)13-6-7-17-11-4-5-12(14(15)16)10(3)8-11/h4-5,8-9,13H,6-7H2,1-3H3. The first-order chi connectivity index (χ1) is 8.00. The van der Waals surface area contributed by atoms with Gasteiger partial charge in [0.1, 0.15) is 12.4 Å². The predicted octanol–water partition coefficient (Wildman–Crippen LogP) is 2.28. The van der Waals surface area contributed by atoms with Crippen LogP contribution in [-0.2, 0) is 0 Å². The van der Waals surface area contributed by atoms with Gasteiger partial charge in [-0.25, -0.2) is 0 Å². The second kappa shape index (κ2) is 6.20. The fraction of sp³-hybridized carbons (Fsp3) is 0.500. The lowest BCUT2D eigenvalue weighted by Gasteiger charge is -2.10. The number of hydrogen-bond donors (Lipinski definition) is 1. The minimum absolute atomic E-state index is 0.123. The van der Waals surface area contributed by atoms with Crippen molar-refractivity contribution in [1.82, 2.24) is 5.32 Å². The van der Waals surface area contributed by atoms with Gasteiger partial charge in [0.2, 0.25) is 0 Å². The van der Waals surface area contributed by atoms with Crippen molar-refractivity contribution in [2.45, 2.75) is 26.8 Å². The van der Waals surface area contributed by atoms with Crippen molar-refractivity contribution in [3.63, 3.8) is 0 Å². The monoisotopic (exact) mass is 238 g/mol. The van der Waals surface area contributed by atoms with E-state index in [2.05, 4.69) is 19.2 Å². The minimum Gasteiger partial charge on any atom is -0.492 e. The van der Waals surface area contributed by atoms with Crippen LogP contribution in [-0.4, -0.2) is 24.1 Å². The van der Waals surface area contributed by atoms with E-state index in [0.29, 0.717) is 24.0 Å². The maximum absolute atomic E-state index is 10.6. The zero-order valence-electron chi connectivity index (χ0n) is 10.4. The Bertz CT molecular complexity index is 391. The molecule has 0 bridgehead atoms. The third-order valence-electron chi connectivity index (χ3n) is 2.29. The number of nitro groups is 1. The van der Waals surface area contributed by atoms with Gasteiger partial charge in [0.05, 0.1) is 4.92 Å². The zero-order valence-corrected chi connectivity index (χ0v) is 10.4. The van der Waals surface area contributed by atoms with E-state index in [4.69, 9.17) is 4.74 Å². The lowest BCUT2D eigenvalue weighted by Crippen LogP contribution is -2.27. The number of nitrogens with one attached hydrogen (secondary N) is 1. The summed E-state index contributed by atoms with van der Waals surface area (Å²) in [6.45, 7) is 7.15. The van der Waals surface area contributed by atoms with E-state index in [1.54, 1.807) is 19.1 Å². The zero-order chi connectivity index (χ0) is 12.8. The molecule has 0 radical (unpaired) electrons. The molecule has 0 amide bonds. The second-order valence-electron chi connectivity index (χ2n) is 4.16. The maximum Gasteiger partial charge on any atom is 0.272 e. The summed E-state index contributed by atoms with van der Waals surface area (Å²) in [6, 6.07) is 5.21. The average Bonchev–Trinajstić information content (AvgIpc) is 2.23. The Morgan fingerprint density at radius 3 is 2.71 bits per heavy atom. The Balaban J connectivity index is 2.50. The van der Waals surface area contributed by atoms with Crippen molar-refractivity contribution in [3.05, 3.63) is 33.9 Å². The van der Waals surface area contributed by atoms with Gasteiger partial charge < -0.3 is 10.1 Å². The Morgan fingerprint density at radius 1 is 1.47 bits per heavy atom. The van der Waals surface area contributed by atoms with Crippen molar-refractivity contribution in [1.29, 1.82) is 0 Å². The van der Waals surface area contributed by atoms with Gasteiger partial charge in [0, 0.05) is 24.2 Å². The normalized spacial score (nSPS) is 10.6. The summed E-state index contributed by atoms with van der Waals surface area (Å²) in [5.41, 5.74) is 0.738. The first kappa shape index (κ1) is 13.4. The molecule has 17 heavy (non-hydrogen) atoms. The molecule has 0 heterocycles. The smallest absolute Gasteiger partial charge is 0.272 e. The first-order valence-electron chi connectivity index (χ1n) is 5.62. The summed E-state index contributed by atoms with van der Waals surface area (Å²) >= 11 is 0. The van der Waals surface area contributed by atoms with Gasteiger partial charge in [-0.2, -0.15) is 0 Å². The molecule has 0 atom stereocenters. The van der Waals surface area contributed by atoms with Gasteiger partial charge >= 0.3 is 0 Å². The Labute approximate surface area is 101 Å². The summed E-state index contributed by atoms with van der Waals surface area (Å²) in [6.07, 6.45) is 0. The van der Waals surface area contributed by atoms with Crippen LogP contribution in [0.5, 0.6) is 5.75 Å². The molecule has 0 aromatic heterocycles. The molecule has 1 aromatic rings. The van der Waals surface area contributed by atoms with Crippen molar-refractivity contribution in [3.8, 4) is 5.75 Å². The van der Waals surface area contributed by atoms with E-state index in [0.717, 1.165) is 6.54 Å². The lowest BCUT2D eigenvalue weighted by molar-refractivity contribution is -0.385. The number of aryl methyl sites for hydroxylation is 1. The highest BCUT2D eigenvalue weighted by molar-refractivity contribution is 5.44. The molecule has 1 rings (SSSR count). The van der Waals surface area contributed by atoms with Gasteiger partial charge in [-0.3, -0.25) is 10.1 Å². The molecule has 0 aliphatic heterocycles. The van der Waals surface area contributed by atoms with Crippen LogP contribution in [0.25, 0.3) is 0 Å². The molecular weight excluding hydrogens is 220 g/mol. The lowest BCUT2D eigenvalue weighted by atomic mass is 10.2. The van der Waals surface area contributed by atoms with Gasteiger partial charge in [0.25, 0.3) is 5.69 Å². The van der Waals surface area contributed by atoms with Crippen LogP contribution in [0.3, 0.4) is 0 Å². The van der Waals surface area contributed by atoms with Crippen LogP contribution < -0.4 is 10.1 Å². The topological polar surface area (TPSA) is 64.4 Å². The number of benzene rings is 1. The number of rotatable bonds is 6. The van der Waals surface area contributed by atoms with Crippen LogP contribution in [0.4, 0.5) is 5.69 Å². The summed E-state index contributed by atoms with van der Waals surface area (Å²) in [5.74, 6) is 0.665. The summed E-state index contributed by atoms with van der Waals surface area (Å²) in [7, 11) is 0. The molecule has 1 aromatic carbocycles. The largest absolute Gasteiger partial charge is 0.492 e.